The maximum Gasteiger partial charge on any atom is 0.321 e. The van der Waals surface area contributed by atoms with E-state index in [0.29, 0.717) is 43.0 Å². The summed E-state index contributed by atoms with van der Waals surface area (Å²) in [7, 11) is 0. The minimum absolute atomic E-state index is 0.226. The number of urea groups is 1. The average molecular weight is 460 g/mol. The number of hydrogen-bond donors (Lipinski definition) is 3. The van der Waals surface area contributed by atoms with Crippen LogP contribution >= 0.6 is 0 Å². The van der Waals surface area contributed by atoms with Crippen molar-refractivity contribution in [3.63, 3.8) is 0 Å². The van der Waals surface area contributed by atoms with Crippen molar-refractivity contribution >= 4 is 17.6 Å². The van der Waals surface area contributed by atoms with E-state index in [9.17, 15) is 14.7 Å². The highest BCUT2D eigenvalue weighted by Gasteiger charge is 2.29. The van der Waals surface area contributed by atoms with Crippen molar-refractivity contribution in [1.82, 2.24) is 10.2 Å². The third-order valence-electron chi connectivity index (χ3n) is 5.80. The molecule has 176 valence electrons. The third-order valence-corrected chi connectivity index (χ3v) is 5.80. The van der Waals surface area contributed by atoms with Crippen molar-refractivity contribution in [2.45, 2.75) is 31.6 Å². The SMILES string of the molecule is O=C(N[C@H]1CN(C(=O)Nc2ccccc2)CCC[C@H]1O)c1ccc(OCc2ccccc2)cc1. The van der Waals surface area contributed by atoms with Crippen LogP contribution in [0, 0.1) is 0 Å². The smallest absolute Gasteiger partial charge is 0.321 e. The van der Waals surface area contributed by atoms with Crippen LogP contribution in [0.1, 0.15) is 28.8 Å². The van der Waals surface area contributed by atoms with Gasteiger partial charge < -0.3 is 25.4 Å². The Bertz CT molecular complexity index is 1070. The van der Waals surface area contributed by atoms with Gasteiger partial charge in [-0.1, -0.05) is 48.5 Å². The summed E-state index contributed by atoms with van der Waals surface area (Å²) >= 11 is 0. The monoisotopic (exact) mass is 459 g/mol. The van der Waals surface area contributed by atoms with E-state index in [1.54, 1.807) is 29.2 Å². The Balaban J connectivity index is 1.34. The number of benzene rings is 3. The van der Waals surface area contributed by atoms with Crippen LogP contribution in [-0.4, -0.2) is 47.2 Å². The lowest BCUT2D eigenvalue weighted by Gasteiger charge is -2.27. The topological polar surface area (TPSA) is 90.9 Å². The Labute approximate surface area is 199 Å². The minimum Gasteiger partial charge on any atom is -0.489 e. The third kappa shape index (κ3) is 6.36. The fourth-order valence-corrected chi connectivity index (χ4v) is 3.89. The highest BCUT2D eigenvalue weighted by Crippen LogP contribution is 2.17. The lowest BCUT2D eigenvalue weighted by molar-refractivity contribution is 0.0811. The summed E-state index contributed by atoms with van der Waals surface area (Å²) in [5.41, 5.74) is 2.23. The number of nitrogens with one attached hydrogen (secondary N) is 2. The van der Waals surface area contributed by atoms with Gasteiger partial charge in [-0.25, -0.2) is 4.79 Å². The molecule has 3 aromatic carbocycles. The molecule has 1 aliphatic rings. The van der Waals surface area contributed by atoms with E-state index in [-0.39, 0.29) is 18.5 Å². The first-order valence-corrected chi connectivity index (χ1v) is 11.5. The predicted molar refractivity (Wildman–Crippen MR) is 131 cm³/mol. The van der Waals surface area contributed by atoms with Gasteiger partial charge in [-0.05, 0) is 54.8 Å². The quantitative estimate of drug-likeness (QED) is 0.519. The van der Waals surface area contributed by atoms with E-state index in [4.69, 9.17) is 4.74 Å². The van der Waals surface area contributed by atoms with Gasteiger partial charge in [0.1, 0.15) is 12.4 Å². The second-order valence-corrected chi connectivity index (χ2v) is 8.33. The largest absolute Gasteiger partial charge is 0.489 e. The van der Waals surface area contributed by atoms with Gasteiger partial charge in [-0.3, -0.25) is 4.79 Å². The Morgan fingerprint density at radius 3 is 2.32 bits per heavy atom. The molecule has 7 heteroatoms. The van der Waals surface area contributed by atoms with Crippen LogP contribution in [0.25, 0.3) is 0 Å². The molecule has 0 radical (unpaired) electrons. The van der Waals surface area contributed by atoms with Crippen LogP contribution in [-0.2, 0) is 6.61 Å². The number of likely N-dealkylation sites (tertiary alicyclic amines) is 1. The molecule has 0 aromatic heterocycles. The van der Waals surface area contributed by atoms with Gasteiger partial charge in [0, 0.05) is 24.3 Å². The number of amides is 3. The summed E-state index contributed by atoms with van der Waals surface area (Å²) in [4.78, 5) is 27.2. The maximum atomic E-state index is 12.8. The van der Waals surface area contributed by atoms with Gasteiger partial charge >= 0.3 is 6.03 Å². The molecule has 34 heavy (non-hydrogen) atoms. The van der Waals surface area contributed by atoms with Gasteiger partial charge in [0.05, 0.1) is 12.1 Å². The number of nitrogens with zero attached hydrogens (tertiary/aromatic N) is 1. The molecule has 2 atom stereocenters. The van der Waals surface area contributed by atoms with Crippen LogP contribution in [0.5, 0.6) is 5.75 Å². The number of carbonyl (C=O) groups is 2. The molecule has 0 aliphatic carbocycles. The number of para-hydroxylation sites is 1. The first-order chi connectivity index (χ1) is 16.6. The van der Waals surface area contributed by atoms with E-state index in [1.807, 2.05) is 60.7 Å². The van der Waals surface area contributed by atoms with E-state index in [1.165, 1.54) is 0 Å². The van der Waals surface area contributed by atoms with Crippen molar-refractivity contribution in [2.24, 2.45) is 0 Å². The Morgan fingerprint density at radius 1 is 0.941 bits per heavy atom. The molecule has 3 aromatic rings. The second-order valence-electron chi connectivity index (χ2n) is 8.33. The van der Waals surface area contributed by atoms with Gasteiger partial charge in [0.25, 0.3) is 5.91 Å². The van der Waals surface area contributed by atoms with Crippen molar-refractivity contribution in [3.8, 4) is 5.75 Å². The van der Waals surface area contributed by atoms with E-state index >= 15 is 0 Å². The van der Waals surface area contributed by atoms with Crippen molar-refractivity contribution < 1.29 is 19.4 Å². The molecule has 1 fully saturated rings. The zero-order chi connectivity index (χ0) is 23.8. The fraction of sp³-hybridized carbons (Fsp3) is 0.259. The number of carbonyl (C=O) groups excluding carboxylic acids is 2. The van der Waals surface area contributed by atoms with Crippen molar-refractivity contribution in [1.29, 1.82) is 0 Å². The van der Waals surface area contributed by atoms with E-state index < -0.39 is 12.1 Å². The Kier molecular flexibility index (Phi) is 7.78. The number of anilines is 1. The van der Waals surface area contributed by atoms with Crippen LogP contribution in [0.3, 0.4) is 0 Å². The summed E-state index contributed by atoms with van der Waals surface area (Å²) in [6, 6.07) is 25.1. The number of ether oxygens (including phenoxy) is 1. The maximum absolute atomic E-state index is 12.8. The Morgan fingerprint density at radius 2 is 1.62 bits per heavy atom. The minimum atomic E-state index is -0.730. The van der Waals surface area contributed by atoms with E-state index in [0.717, 1.165) is 5.56 Å². The molecule has 3 amide bonds. The van der Waals surface area contributed by atoms with Crippen LogP contribution < -0.4 is 15.4 Å². The predicted octanol–water partition coefficient (Wildman–Crippen LogP) is 4.05. The van der Waals surface area contributed by atoms with Crippen molar-refractivity contribution in [3.05, 3.63) is 96.1 Å². The lowest BCUT2D eigenvalue weighted by atomic mass is 10.1. The molecule has 0 unspecified atom stereocenters. The highest BCUT2D eigenvalue weighted by atomic mass is 16.5. The van der Waals surface area contributed by atoms with Gasteiger partial charge in [-0.15, -0.1) is 0 Å². The molecule has 1 aliphatic heterocycles. The van der Waals surface area contributed by atoms with Crippen molar-refractivity contribution in [2.75, 3.05) is 18.4 Å². The summed E-state index contributed by atoms with van der Waals surface area (Å²) in [6.45, 7) is 1.18. The molecule has 0 saturated carbocycles. The van der Waals surface area contributed by atoms with Gasteiger partial charge in [-0.2, -0.15) is 0 Å². The molecule has 7 nitrogen and oxygen atoms in total. The fourth-order valence-electron chi connectivity index (χ4n) is 3.89. The summed E-state index contributed by atoms with van der Waals surface area (Å²) in [5.74, 6) is 0.364. The molecule has 0 bridgehead atoms. The zero-order valence-corrected chi connectivity index (χ0v) is 18.9. The number of aliphatic hydroxyl groups excluding tert-OH is 1. The number of rotatable bonds is 6. The average Bonchev–Trinajstić information content (AvgIpc) is 3.05. The molecular weight excluding hydrogens is 430 g/mol. The standard InChI is InChI=1S/C27H29N3O4/c31-25-12-7-17-30(27(33)28-22-10-5-2-6-11-22)18-24(25)29-26(32)21-13-15-23(16-14-21)34-19-20-8-3-1-4-9-20/h1-6,8-11,13-16,24-25,31H,7,12,17-19H2,(H,28,33)(H,29,32)/t24-,25+/m0/s1. The first-order valence-electron chi connectivity index (χ1n) is 11.5. The molecular formula is C27H29N3O4. The number of hydrogen-bond acceptors (Lipinski definition) is 4. The zero-order valence-electron chi connectivity index (χ0n) is 18.9. The lowest BCUT2D eigenvalue weighted by Crippen LogP contribution is -2.50. The van der Waals surface area contributed by atoms with Gasteiger partial charge in [0.2, 0.25) is 0 Å². The molecule has 1 saturated heterocycles. The Hall–Kier alpha value is -3.84. The van der Waals surface area contributed by atoms with Crippen LogP contribution in [0.4, 0.5) is 10.5 Å². The summed E-state index contributed by atoms with van der Waals surface area (Å²) in [5, 5.41) is 16.3. The summed E-state index contributed by atoms with van der Waals surface area (Å²) < 4.78 is 5.78. The molecule has 4 rings (SSSR count). The van der Waals surface area contributed by atoms with Crippen LogP contribution in [0.2, 0.25) is 0 Å². The second kappa shape index (κ2) is 11.3. The molecule has 1 heterocycles. The van der Waals surface area contributed by atoms with E-state index in [2.05, 4.69) is 10.6 Å². The van der Waals surface area contributed by atoms with Crippen LogP contribution in [0.15, 0.2) is 84.9 Å². The van der Waals surface area contributed by atoms with Gasteiger partial charge in [0.15, 0.2) is 0 Å². The first kappa shape index (κ1) is 23.3. The summed E-state index contributed by atoms with van der Waals surface area (Å²) in [6.07, 6.45) is 0.433. The molecule has 3 N–H and O–H groups in total. The highest BCUT2D eigenvalue weighted by molar-refractivity contribution is 5.94. The molecule has 0 spiro atoms. The number of aliphatic hydroxyl groups is 1. The normalized spacial score (nSPS) is 18.0.